The van der Waals surface area contributed by atoms with Gasteiger partial charge in [-0.2, -0.15) is 0 Å². The third-order valence-electron chi connectivity index (χ3n) is 3.47. The highest BCUT2D eigenvalue weighted by molar-refractivity contribution is 8.00. The van der Waals surface area contributed by atoms with Crippen molar-refractivity contribution < 1.29 is 0 Å². The fourth-order valence-electron chi connectivity index (χ4n) is 2.54. The highest BCUT2D eigenvalue weighted by Crippen LogP contribution is 2.39. The number of nitrogens with zero attached hydrogens (tertiary/aromatic N) is 1. The zero-order valence-electron chi connectivity index (χ0n) is 11.0. The lowest BCUT2D eigenvalue weighted by atomic mass is 10.1. The molecular formula is C16H18N2S. The van der Waals surface area contributed by atoms with Gasteiger partial charge in [0, 0.05) is 29.4 Å². The molecule has 98 valence electrons. The van der Waals surface area contributed by atoms with Crippen LogP contribution in [-0.2, 0) is 6.42 Å². The van der Waals surface area contributed by atoms with E-state index in [2.05, 4.69) is 54.4 Å². The monoisotopic (exact) mass is 270 g/mol. The van der Waals surface area contributed by atoms with E-state index in [-0.39, 0.29) is 0 Å². The predicted octanol–water partition coefficient (Wildman–Crippen LogP) is 3.42. The van der Waals surface area contributed by atoms with Crippen LogP contribution in [0.15, 0.2) is 53.4 Å². The largest absolute Gasteiger partial charge is 0.399 e. The molecule has 0 spiro atoms. The van der Waals surface area contributed by atoms with E-state index in [0.29, 0.717) is 5.25 Å². The summed E-state index contributed by atoms with van der Waals surface area (Å²) in [6.07, 6.45) is 1.11. The molecular weight excluding hydrogens is 252 g/mol. The molecule has 2 aromatic carbocycles. The fraction of sp³-hybridized carbons (Fsp3) is 0.250. The molecule has 0 saturated heterocycles. The summed E-state index contributed by atoms with van der Waals surface area (Å²) in [5.41, 5.74) is 9.37. The van der Waals surface area contributed by atoms with Crippen molar-refractivity contribution in [3.63, 3.8) is 0 Å². The van der Waals surface area contributed by atoms with E-state index in [1.54, 1.807) is 0 Å². The summed E-state index contributed by atoms with van der Waals surface area (Å²) in [5.74, 6) is 0. The Morgan fingerprint density at radius 2 is 2.00 bits per heavy atom. The molecule has 1 aliphatic heterocycles. The average molecular weight is 270 g/mol. The number of nitrogens with two attached hydrogens (primary N) is 1. The van der Waals surface area contributed by atoms with Crippen LogP contribution in [0, 0.1) is 0 Å². The first-order chi connectivity index (χ1) is 9.22. The van der Waals surface area contributed by atoms with Gasteiger partial charge in [-0.05, 0) is 30.2 Å². The van der Waals surface area contributed by atoms with Gasteiger partial charge in [0.05, 0.1) is 5.69 Å². The highest BCUT2D eigenvalue weighted by Gasteiger charge is 2.23. The predicted molar refractivity (Wildman–Crippen MR) is 83.9 cm³/mol. The van der Waals surface area contributed by atoms with Gasteiger partial charge in [0.25, 0.3) is 0 Å². The molecule has 0 radical (unpaired) electrons. The third kappa shape index (κ3) is 2.71. The van der Waals surface area contributed by atoms with Gasteiger partial charge in [0.15, 0.2) is 0 Å². The molecule has 3 heteroatoms. The second kappa shape index (κ2) is 5.17. The van der Waals surface area contributed by atoms with Crippen molar-refractivity contribution in [2.45, 2.75) is 16.6 Å². The minimum atomic E-state index is 0.600. The Bertz CT molecular complexity index is 568. The lowest BCUT2D eigenvalue weighted by molar-refractivity contribution is 0.784. The van der Waals surface area contributed by atoms with Crippen molar-refractivity contribution in [2.24, 2.45) is 0 Å². The summed E-state index contributed by atoms with van der Waals surface area (Å²) in [6, 6.07) is 16.9. The SMILES string of the molecule is CN1CC(Cc2ccccc2)Sc2ccc(N)cc21. The Morgan fingerprint density at radius 3 is 2.79 bits per heavy atom. The molecule has 19 heavy (non-hydrogen) atoms. The molecule has 3 rings (SSSR count). The van der Waals surface area contributed by atoms with Crippen LogP contribution in [0.2, 0.25) is 0 Å². The zero-order chi connectivity index (χ0) is 13.2. The maximum atomic E-state index is 5.87. The number of hydrogen-bond donors (Lipinski definition) is 1. The molecule has 0 saturated carbocycles. The number of benzene rings is 2. The van der Waals surface area contributed by atoms with E-state index in [1.165, 1.54) is 16.1 Å². The summed E-state index contributed by atoms with van der Waals surface area (Å²) in [4.78, 5) is 3.65. The van der Waals surface area contributed by atoms with Crippen LogP contribution >= 0.6 is 11.8 Å². The van der Waals surface area contributed by atoms with Gasteiger partial charge in [-0.15, -0.1) is 11.8 Å². The van der Waals surface area contributed by atoms with Gasteiger partial charge in [-0.25, -0.2) is 0 Å². The quantitative estimate of drug-likeness (QED) is 0.848. The summed E-state index contributed by atoms with van der Waals surface area (Å²) in [5, 5.41) is 0.600. The van der Waals surface area contributed by atoms with Crippen molar-refractivity contribution in [1.29, 1.82) is 0 Å². The number of hydrogen-bond acceptors (Lipinski definition) is 3. The van der Waals surface area contributed by atoms with Crippen molar-refractivity contribution in [2.75, 3.05) is 24.2 Å². The van der Waals surface area contributed by atoms with Crippen LogP contribution in [0.5, 0.6) is 0 Å². The van der Waals surface area contributed by atoms with E-state index >= 15 is 0 Å². The van der Waals surface area contributed by atoms with Gasteiger partial charge in [-0.1, -0.05) is 30.3 Å². The summed E-state index contributed by atoms with van der Waals surface area (Å²) >= 11 is 1.97. The Morgan fingerprint density at radius 1 is 1.21 bits per heavy atom. The van der Waals surface area contributed by atoms with E-state index in [0.717, 1.165) is 18.7 Å². The Balaban J connectivity index is 1.80. The number of anilines is 2. The average Bonchev–Trinajstić information content (AvgIpc) is 2.41. The second-order valence-electron chi connectivity index (χ2n) is 5.04. The minimum absolute atomic E-state index is 0.600. The van der Waals surface area contributed by atoms with Crippen LogP contribution in [0.25, 0.3) is 0 Å². The van der Waals surface area contributed by atoms with E-state index in [9.17, 15) is 0 Å². The molecule has 0 bridgehead atoms. The van der Waals surface area contributed by atoms with Crippen molar-refractivity contribution in [1.82, 2.24) is 0 Å². The van der Waals surface area contributed by atoms with Gasteiger partial charge in [-0.3, -0.25) is 0 Å². The molecule has 2 nitrogen and oxygen atoms in total. The van der Waals surface area contributed by atoms with Crippen molar-refractivity contribution in [3.8, 4) is 0 Å². The lowest BCUT2D eigenvalue weighted by Gasteiger charge is -2.33. The van der Waals surface area contributed by atoms with Crippen LogP contribution in [-0.4, -0.2) is 18.8 Å². The van der Waals surface area contributed by atoms with E-state index in [1.807, 2.05) is 17.8 Å². The molecule has 1 unspecified atom stereocenters. The Kier molecular flexibility index (Phi) is 3.38. The summed E-state index contributed by atoms with van der Waals surface area (Å²) < 4.78 is 0. The van der Waals surface area contributed by atoms with Gasteiger partial charge < -0.3 is 10.6 Å². The van der Waals surface area contributed by atoms with Gasteiger partial charge >= 0.3 is 0 Å². The number of thioether (sulfide) groups is 1. The first-order valence-corrected chi connectivity index (χ1v) is 7.41. The van der Waals surface area contributed by atoms with Crippen LogP contribution in [0.3, 0.4) is 0 Å². The van der Waals surface area contributed by atoms with Crippen LogP contribution < -0.4 is 10.6 Å². The summed E-state index contributed by atoms with van der Waals surface area (Å²) in [6.45, 7) is 1.07. The molecule has 0 fully saturated rings. The Labute approximate surface area is 118 Å². The maximum absolute atomic E-state index is 5.87. The molecule has 0 aliphatic carbocycles. The minimum Gasteiger partial charge on any atom is -0.399 e. The standard InChI is InChI=1S/C16H18N2S/c1-18-11-14(9-12-5-3-2-4-6-12)19-16-8-7-13(17)10-15(16)18/h2-8,10,14H,9,11,17H2,1H3. The first-order valence-electron chi connectivity index (χ1n) is 6.53. The smallest absolute Gasteiger partial charge is 0.0522 e. The number of fused-ring (bicyclic) bond motifs is 1. The van der Waals surface area contributed by atoms with E-state index < -0.39 is 0 Å². The van der Waals surface area contributed by atoms with Crippen molar-refractivity contribution >= 4 is 23.1 Å². The molecule has 1 heterocycles. The fourth-order valence-corrected chi connectivity index (χ4v) is 3.95. The van der Waals surface area contributed by atoms with Crippen LogP contribution in [0.1, 0.15) is 5.56 Å². The maximum Gasteiger partial charge on any atom is 0.0522 e. The van der Waals surface area contributed by atoms with E-state index in [4.69, 9.17) is 5.73 Å². The molecule has 0 amide bonds. The van der Waals surface area contributed by atoms with Crippen molar-refractivity contribution in [3.05, 3.63) is 54.1 Å². The molecule has 2 N–H and O–H groups in total. The zero-order valence-corrected chi connectivity index (χ0v) is 11.9. The number of rotatable bonds is 2. The molecule has 1 atom stereocenters. The molecule has 2 aromatic rings. The number of nitrogen functional groups attached to an aromatic ring is 1. The third-order valence-corrected chi connectivity index (χ3v) is 4.72. The normalized spacial score (nSPS) is 18.2. The summed E-state index contributed by atoms with van der Waals surface area (Å²) in [7, 11) is 2.15. The van der Waals surface area contributed by atoms with Crippen LogP contribution in [0.4, 0.5) is 11.4 Å². The van der Waals surface area contributed by atoms with Gasteiger partial charge in [0.1, 0.15) is 0 Å². The first kappa shape index (κ1) is 12.4. The lowest BCUT2D eigenvalue weighted by Crippen LogP contribution is -2.32. The Hall–Kier alpha value is -1.61. The topological polar surface area (TPSA) is 29.3 Å². The second-order valence-corrected chi connectivity index (χ2v) is 6.38. The highest BCUT2D eigenvalue weighted by atomic mass is 32.2. The molecule has 1 aliphatic rings. The molecule has 0 aromatic heterocycles. The van der Waals surface area contributed by atoms with Gasteiger partial charge in [0.2, 0.25) is 0 Å².